The molecule has 1 N–H and O–H groups in total. The van der Waals surface area contributed by atoms with Gasteiger partial charge in [0.25, 0.3) is 0 Å². The van der Waals surface area contributed by atoms with E-state index in [4.69, 9.17) is 0 Å². The molecule has 0 amide bonds. The van der Waals surface area contributed by atoms with E-state index in [0.717, 1.165) is 27.9 Å². The molecule has 0 atom stereocenters. The van der Waals surface area contributed by atoms with Gasteiger partial charge in [0.1, 0.15) is 0 Å². The fraction of sp³-hybridized carbons (Fsp3) is 0.167. The van der Waals surface area contributed by atoms with E-state index in [1.54, 1.807) is 0 Å². The molecule has 0 bridgehead atoms. The van der Waals surface area contributed by atoms with Gasteiger partial charge in [-0.1, -0.05) is 28.1 Å². The lowest BCUT2D eigenvalue weighted by Gasteiger charge is -2.04. The molecule has 0 unspecified atom stereocenters. The number of nitrogens with one attached hydrogen (secondary N) is 1. The van der Waals surface area contributed by atoms with Crippen LogP contribution in [0.2, 0.25) is 0 Å². The van der Waals surface area contributed by atoms with Crippen LogP contribution in [0.5, 0.6) is 0 Å². The van der Waals surface area contributed by atoms with E-state index in [1.807, 2.05) is 36.7 Å². The number of nitrogens with zero attached hydrogens (tertiary/aromatic N) is 2. The zero-order valence-corrected chi connectivity index (χ0v) is 11.6. The summed E-state index contributed by atoms with van der Waals surface area (Å²) in [5.74, 6) is 1.40. The lowest BCUT2D eigenvalue weighted by Crippen LogP contribution is -2.05. The number of hydrogen-bond acceptors (Lipinski definition) is 4. The summed E-state index contributed by atoms with van der Waals surface area (Å²) in [4.78, 5) is 8.49. The first-order valence-electron chi connectivity index (χ1n) is 5.22. The molecular formula is C12H12BrN3S. The summed E-state index contributed by atoms with van der Waals surface area (Å²) >= 11 is 7.53. The first-order valence-corrected chi connectivity index (χ1v) is 6.65. The largest absolute Gasteiger partial charge is 0.353 e. The van der Waals surface area contributed by atoms with Gasteiger partial charge in [0.05, 0.1) is 0 Å². The van der Waals surface area contributed by atoms with Gasteiger partial charge < -0.3 is 5.32 Å². The molecule has 0 spiro atoms. The summed E-state index contributed by atoms with van der Waals surface area (Å²) in [6.07, 6.45) is 3.63. The highest BCUT2D eigenvalue weighted by Crippen LogP contribution is 2.20. The van der Waals surface area contributed by atoms with Crippen molar-refractivity contribution in [1.29, 1.82) is 0 Å². The fourth-order valence-electron chi connectivity index (χ4n) is 1.38. The standard InChI is InChI=1S/C12H12BrN3S/c13-11-3-1-9(2-4-11)10-7-15-12(16-8-10)14-5-6-17/h1-4,7-8,17H,5-6H2,(H,14,15,16). The van der Waals surface area contributed by atoms with E-state index in [1.165, 1.54) is 0 Å². The van der Waals surface area contributed by atoms with Gasteiger partial charge in [-0.15, -0.1) is 0 Å². The third-order valence-electron chi connectivity index (χ3n) is 2.22. The Morgan fingerprint density at radius 2 is 1.71 bits per heavy atom. The van der Waals surface area contributed by atoms with Crippen molar-refractivity contribution < 1.29 is 0 Å². The normalized spacial score (nSPS) is 10.2. The van der Waals surface area contributed by atoms with Crippen LogP contribution in [0, 0.1) is 0 Å². The molecule has 0 aliphatic heterocycles. The minimum absolute atomic E-state index is 0.639. The summed E-state index contributed by atoms with van der Waals surface area (Å²) in [5.41, 5.74) is 2.11. The maximum Gasteiger partial charge on any atom is 0.222 e. The molecule has 1 heterocycles. The second-order valence-corrected chi connectivity index (χ2v) is 4.82. The van der Waals surface area contributed by atoms with Crippen LogP contribution in [-0.4, -0.2) is 22.3 Å². The fourth-order valence-corrected chi connectivity index (χ4v) is 1.75. The van der Waals surface area contributed by atoms with Crippen LogP contribution in [0.25, 0.3) is 11.1 Å². The van der Waals surface area contributed by atoms with Crippen molar-refractivity contribution in [3.63, 3.8) is 0 Å². The Kier molecular flexibility index (Phi) is 4.39. The minimum Gasteiger partial charge on any atom is -0.353 e. The molecule has 0 saturated carbocycles. The highest BCUT2D eigenvalue weighted by Gasteiger charge is 1.99. The maximum absolute atomic E-state index is 4.25. The van der Waals surface area contributed by atoms with Crippen LogP contribution in [0.3, 0.4) is 0 Å². The second-order valence-electron chi connectivity index (χ2n) is 3.45. The van der Waals surface area contributed by atoms with E-state index >= 15 is 0 Å². The predicted octanol–water partition coefficient (Wildman–Crippen LogP) is 3.25. The average molecular weight is 310 g/mol. The highest BCUT2D eigenvalue weighted by atomic mass is 79.9. The van der Waals surface area contributed by atoms with Crippen molar-refractivity contribution in [2.24, 2.45) is 0 Å². The van der Waals surface area contributed by atoms with Gasteiger partial charge in [0, 0.05) is 34.7 Å². The van der Waals surface area contributed by atoms with E-state index in [0.29, 0.717) is 5.95 Å². The van der Waals surface area contributed by atoms with Gasteiger partial charge in [-0.3, -0.25) is 0 Å². The first kappa shape index (κ1) is 12.4. The molecule has 2 aromatic rings. The van der Waals surface area contributed by atoms with Gasteiger partial charge in [-0.05, 0) is 17.7 Å². The Morgan fingerprint density at radius 3 is 2.29 bits per heavy atom. The molecule has 0 aliphatic rings. The summed E-state index contributed by atoms with van der Waals surface area (Å²) < 4.78 is 1.06. The second kappa shape index (κ2) is 6.02. The molecule has 0 radical (unpaired) electrons. The Bertz CT molecular complexity index is 470. The molecule has 0 aliphatic carbocycles. The summed E-state index contributed by atoms with van der Waals surface area (Å²) in [5, 5.41) is 3.08. The molecule has 1 aromatic carbocycles. The smallest absolute Gasteiger partial charge is 0.222 e. The van der Waals surface area contributed by atoms with Gasteiger partial charge in [0.2, 0.25) is 5.95 Å². The topological polar surface area (TPSA) is 37.8 Å². The summed E-state index contributed by atoms with van der Waals surface area (Å²) in [6.45, 7) is 0.765. The number of anilines is 1. The Labute approximate surface area is 114 Å². The summed E-state index contributed by atoms with van der Waals surface area (Å²) in [6, 6.07) is 8.07. The lowest BCUT2D eigenvalue weighted by molar-refractivity contribution is 1.09. The van der Waals surface area contributed by atoms with Crippen LogP contribution < -0.4 is 5.32 Å². The number of benzene rings is 1. The molecule has 17 heavy (non-hydrogen) atoms. The van der Waals surface area contributed by atoms with Crippen molar-refractivity contribution in [3.05, 3.63) is 41.1 Å². The third kappa shape index (κ3) is 3.44. The molecule has 2 rings (SSSR count). The highest BCUT2D eigenvalue weighted by molar-refractivity contribution is 9.10. The van der Waals surface area contributed by atoms with Gasteiger partial charge >= 0.3 is 0 Å². The van der Waals surface area contributed by atoms with Crippen molar-refractivity contribution >= 4 is 34.5 Å². The van der Waals surface area contributed by atoms with Crippen molar-refractivity contribution in [2.75, 3.05) is 17.6 Å². The number of thiol groups is 1. The zero-order chi connectivity index (χ0) is 12.1. The molecule has 88 valence electrons. The van der Waals surface area contributed by atoms with E-state index in [2.05, 4.69) is 43.8 Å². The zero-order valence-electron chi connectivity index (χ0n) is 9.10. The van der Waals surface area contributed by atoms with E-state index < -0.39 is 0 Å². The monoisotopic (exact) mass is 309 g/mol. The Morgan fingerprint density at radius 1 is 1.06 bits per heavy atom. The first-order chi connectivity index (χ1) is 8.29. The van der Waals surface area contributed by atoms with E-state index in [9.17, 15) is 0 Å². The lowest BCUT2D eigenvalue weighted by atomic mass is 10.1. The average Bonchev–Trinajstić information content (AvgIpc) is 2.38. The van der Waals surface area contributed by atoms with Gasteiger partial charge in [0.15, 0.2) is 0 Å². The van der Waals surface area contributed by atoms with Gasteiger partial charge in [-0.2, -0.15) is 12.6 Å². The van der Waals surface area contributed by atoms with Gasteiger partial charge in [-0.25, -0.2) is 9.97 Å². The summed E-state index contributed by atoms with van der Waals surface area (Å²) in [7, 11) is 0. The Hall–Kier alpha value is -1.07. The quantitative estimate of drug-likeness (QED) is 0.851. The maximum atomic E-state index is 4.25. The number of halogens is 1. The van der Waals surface area contributed by atoms with Crippen LogP contribution in [-0.2, 0) is 0 Å². The van der Waals surface area contributed by atoms with Crippen molar-refractivity contribution in [1.82, 2.24) is 9.97 Å². The number of hydrogen-bond donors (Lipinski definition) is 2. The van der Waals surface area contributed by atoms with Crippen LogP contribution >= 0.6 is 28.6 Å². The molecule has 0 fully saturated rings. The van der Waals surface area contributed by atoms with Crippen LogP contribution in [0.1, 0.15) is 0 Å². The predicted molar refractivity (Wildman–Crippen MR) is 77.5 cm³/mol. The molecule has 3 nitrogen and oxygen atoms in total. The molecular weight excluding hydrogens is 298 g/mol. The van der Waals surface area contributed by atoms with E-state index in [-0.39, 0.29) is 0 Å². The molecule has 0 saturated heterocycles. The minimum atomic E-state index is 0.639. The Balaban J connectivity index is 2.14. The van der Waals surface area contributed by atoms with Crippen LogP contribution in [0.15, 0.2) is 41.1 Å². The molecule has 1 aromatic heterocycles. The molecule has 5 heteroatoms. The van der Waals surface area contributed by atoms with Crippen molar-refractivity contribution in [2.45, 2.75) is 0 Å². The SMILES string of the molecule is SCCNc1ncc(-c2ccc(Br)cc2)cn1. The van der Waals surface area contributed by atoms with Crippen LogP contribution in [0.4, 0.5) is 5.95 Å². The number of aromatic nitrogens is 2. The number of rotatable bonds is 4. The van der Waals surface area contributed by atoms with Crippen molar-refractivity contribution in [3.8, 4) is 11.1 Å². The third-order valence-corrected chi connectivity index (χ3v) is 2.98.